The Hall–Kier alpha value is -0.120. The van der Waals surface area contributed by atoms with E-state index in [0.29, 0.717) is 13.2 Å². The molecule has 0 atom stereocenters. The van der Waals surface area contributed by atoms with E-state index in [1.807, 2.05) is 0 Å². The second-order valence-electron chi connectivity index (χ2n) is 4.12. The van der Waals surface area contributed by atoms with Gasteiger partial charge in [0.15, 0.2) is 0 Å². The van der Waals surface area contributed by atoms with Crippen LogP contribution in [0.3, 0.4) is 0 Å². The van der Waals surface area contributed by atoms with Gasteiger partial charge < -0.3 is 15.5 Å². The van der Waals surface area contributed by atoms with Gasteiger partial charge in [-0.15, -0.1) is 0 Å². The van der Waals surface area contributed by atoms with Crippen LogP contribution in [0.1, 0.15) is 32.1 Å². The predicted octanol–water partition coefficient (Wildman–Crippen LogP) is 0.511. The first kappa shape index (κ1) is 11.0. The molecule has 78 valence electrons. The second kappa shape index (κ2) is 5.58. The lowest BCUT2D eigenvalue weighted by Crippen LogP contribution is -2.27. The van der Waals surface area contributed by atoms with Crippen LogP contribution in [0.25, 0.3) is 0 Å². The van der Waals surface area contributed by atoms with Crippen molar-refractivity contribution in [1.29, 1.82) is 0 Å². The highest BCUT2D eigenvalue weighted by Gasteiger charge is 2.41. The SMILES string of the molecule is OCCCCCNCC1(CO)CC1. The zero-order chi connectivity index (χ0) is 9.57. The van der Waals surface area contributed by atoms with Gasteiger partial charge in [-0.05, 0) is 38.6 Å². The molecule has 0 saturated heterocycles. The van der Waals surface area contributed by atoms with E-state index in [1.165, 1.54) is 12.8 Å². The molecule has 0 aromatic carbocycles. The van der Waals surface area contributed by atoms with Crippen LogP contribution in [0.5, 0.6) is 0 Å². The van der Waals surface area contributed by atoms with Crippen LogP contribution in [0.4, 0.5) is 0 Å². The number of hydrogen-bond acceptors (Lipinski definition) is 3. The van der Waals surface area contributed by atoms with Gasteiger partial charge in [-0.1, -0.05) is 0 Å². The fraction of sp³-hybridized carbons (Fsp3) is 1.00. The standard InChI is InChI=1S/C10H21NO2/c12-7-3-1-2-6-11-8-10(9-13)4-5-10/h11-13H,1-9H2. The Labute approximate surface area is 80.2 Å². The van der Waals surface area contributed by atoms with Gasteiger partial charge in [0.1, 0.15) is 0 Å². The summed E-state index contributed by atoms with van der Waals surface area (Å²) in [7, 11) is 0. The molecule has 1 saturated carbocycles. The van der Waals surface area contributed by atoms with E-state index in [2.05, 4.69) is 5.32 Å². The third kappa shape index (κ3) is 4.07. The minimum Gasteiger partial charge on any atom is -0.396 e. The maximum Gasteiger partial charge on any atom is 0.0499 e. The lowest BCUT2D eigenvalue weighted by Gasteiger charge is -2.12. The Kier molecular flexibility index (Phi) is 4.70. The highest BCUT2D eigenvalue weighted by Crippen LogP contribution is 2.44. The smallest absolute Gasteiger partial charge is 0.0499 e. The molecular formula is C10H21NO2. The molecule has 0 aromatic heterocycles. The molecule has 1 rings (SSSR count). The van der Waals surface area contributed by atoms with Crippen molar-refractivity contribution >= 4 is 0 Å². The van der Waals surface area contributed by atoms with Crippen LogP contribution in [0, 0.1) is 5.41 Å². The summed E-state index contributed by atoms with van der Waals surface area (Å²) in [6, 6.07) is 0. The Bertz CT molecular complexity index is 135. The van der Waals surface area contributed by atoms with Crippen molar-refractivity contribution in [2.24, 2.45) is 5.41 Å². The molecule has 3 nitrogen and oxygen atoms in total. The first-order valence-electron chi connectivity index (χ1n) is 5.25. The Morgan fingerprint density at radius 3 is 2.38 bits per heavy atom. The number of aliphatic hydroxyl groups excluding tert-OH is 2. The van der Waals surface area contributed by atoms with Gasteiger partial charge in [-0.25, -0.2) is 0 Å². The van der Waals surface area contributed by atoms with Crippen molar-refractivity contribution < 1.29 is 10.2 Å². The van der Waals surface area contributed by atoms with Gasteiger partial charge in [0.2, 0.25) is 0 Å². The molecular weight excluding hydrogens is 166 g/mol. The average molecular weight is 187 g/mol. The number of aliphatic hydroxyl groups is 2. The van der Waals surface area contributed by atoms with E-state index in [0.717, 1.165) is 32.4 Å². The molecule has 0 heterocycles. The minimum absolute atomic E-state index is 0.233. The van der Waals surface area contributed by atoms with Gasteiger partial charge in [-0.3, -0.25) is 0 Å². The van der Waals surface area contributed by atoms with Crippen LogP contribution < -0.4 is 5.32 Å². The summed E-state index contributed by atoms with van der Waals surface area (Å²) in [5.74, 6) is 0. The fourth-order valence-corrected chi connectivity index (χ4v) is 1.46. The average Bonchev–Trinajstić information content (AvgIpc) is 2.92. The van der Waals surface area contributed by atoms with Gasteiger partial charge in [0, 0.05) is 25.2 Å². The first-order chi connectivity index (χ1) is 6.33. The summed E-state index contributed by atoms with van der Waals surface area (Å²) in [4.78, 5) is 0. The van der Waals surface area contributed by atoms with Gasteiger partial charge in [0.05, 0.1) is 0 Å². The molecule has 0 amide bonds. The summed E-state index contributed by atoms with van der Waals surface area (Å²) < 4.78 is 0. The van der Waals surface area contributed by atoms with E-state index in [4.69, 9.17) is 10.2 Å². The molecule has 0 radical (unpaired) electrons. The molecule has 1 aliphatic rings. The van der Waals surface area contributed by atoms with Crippen LogP contribution >= 0.6 is 0 Å². The van der Waals surface area contributed by atoms with Crippen LogP contribution in [-0.4, -0.2) is 36.5 Å². The van der Waals surface area contributed by atoms with E-state index in [-0.39, 0.29) is 5.41 Å². The Morgan fingerprint density at radius 2 is 1.85 bits per heavy atom. The maximum atomic E-state index is 9.02. The lowest BCUT2D eigenvalue weighted by atomic mass is 10.1. The third-order valence-corrected chi connectivity index (χ3v) is 2.80. The van der Waals surface area contributed by atoms with Crippen LogP contribution in [0.2, 0.25) is 0 Å². The van der Waals surface area contributed by atoms with Gasteiger partial charge in [0.25, 0.3) is 0 Å². The number of rotatable bonds is 8. The summed E-state index contributed by atoms with van der Waals surface area (Å²) in [6.07, 6.45) is 5.48. The monoisotopic (exact) mass is 187 g/mol. The molecule has 0 aromatic rings. The van der Waals surface area contributed by atoms with Crippen molar-refractivity contribution in [3.05, 3.63) is 0 Å². The number of nitrogens with one attached hydrogen (secondary N) is 1. The first-order valence-corrected chi connectivity index (χ1v) is 5.25. The van der Waals surface area contributed by atoms with Gasteiger partial charge in [-0.2, -0.15) is 0 Å². The highest BCUT2D eigenvalue weighted by molar-refractivity contribution is 4.94. The largest absolute Gasteiger partial charge is 0.396 e. The van der Waals surface area contributed by atoms with Crippen molar-refractivity contribution in [2.45, 2.75) is 32.1 Å². The lowest BCUT2D eigenvalue weighted by molar-refractivity contribution is 0.207. The Morgan fingerprint density at radius 1 is 1.08 bits per heavy atom. The maximum absolute atomic E-state index is 9.02. The number of hydrogen-bond donors (Lipinski definition) is 3. The molecule has 0 bridgehead atoms. The van der Waals surface area contributed by atoms with E-state index < -0.39 is 0 Å². The molecule has 0 spiro atoms. The van der Waals surface area contributed by atoms with E-state index in [9.17, 15) is 0 Å². The summed E-state index contributed by atoms with van der Waals surface area (Å²) >= 11 is 0. The van der Waals surface area contributed by atoms with Crippen LogP contribution in [-0.2, 0) is 0 Å². The van der Waals surface area contributed by atoms with Crippen molar-refractivity contribution in [3.63, 3.8) is 0 Å². The van der Waals surface area contributed by atoms with Crippen molar-refractivity contribution in [2.75, 3.05) is 26.3 Å². The molecule has 0 aliphatic heterocycles. The summed E-state index contributed by atoms with van der Waals surface area (Å²) in [5.41, 5.74) is 0.233. The second-order valence-corrected chi connectivity index (χ2v) is 4.12. The van der Waals surface area contributed by atoms with E-state index in [1.54, 1.807) is 0 Å². The number of unbranched alkanes of at least 4 members (excludes halogenated alkanes) is 2. The van der Waals surface area contributed by atoms with Crippen molar-refractivity contribution in [1.82, 2.24) is 5.32 Å². The fourth-order valence-electron chi connectivity index (χ4n) is 1.46. The molecule has 1 aliphatic carbocycles. The highest BCUT2D eigenvalue weighted by atomic mass is 16.3. The zero-order valence-corrected chi connectivity index (χ0v) is 8.26. The molecule has 1 fully saturated rings. The molecule has 13 heavy (non-hydrogen) atoms. The van der Waals surface area contributed by atoms with E-state index >= 15 is 0 Å². The third-order valence-electron chi connectivity index (χ3n) is 2.80. The topological polar surface area (TPSA) is 52.5 Å². The molecule has 3 N–H and O–H groups in total. The summed E-state index contributed by atoms with van der Waals surface area (Å²) in [5, 5.41) is 20.9. The summed E-state index contributed by atoms with van der Waals surface area (Å²) in [6.45, 7) is 2.61. The zero-order valence-electron chi connectivity index (χ0n) is 8.26. The quantitative estimate of drug-likeness (QED) is 0.485. The molecule has 3 heteroatoms. The molecule has 0 unspecified atom stereocenters. The van der Waals surface area contributed by atoms with Gasteiger partial charge >= 0.3 is 0 Å². The Balaban J connectivity index is 1.84. The van der Waals surface area contributed by atoms with Crippen molar-refractivity contribution in [3.8, 4) is 0 Å². The predicted molar refractivity (Wildman–Crippen MR) is 52.6 cm³/mol. The normalized spacial score (nSPS) is 18.9. The minimum atomic E-state index is 0.233. The van der Waals surface area contributed by atoms with Crippen LogP contribution in [0.15, 0.2) is 0 Å².